The van der Waals surface area contributed by atoms with Gasteiger partial charge < -0.3 is 10.1 Å². The van der Waals surface area contributed by atoms with Crippen LogP contribution >= 0.6 is 0 Å². The van der Waals surface area contributed by atoms with Crippen molar-refractivity contribution in [3.8, 4) is 5.88 Å². The largest absolute Gasteiger partial charge is 0.477 e. The van der Waals surface area contributed by atoms with Crippen molar-refractivity contribution in [1.82, 2.24) is 9.78 Å². The zero-order chi connectivity index (χ0) is 20.9. The Bertz CT molecular complexity index is 1150. The fraction of sp³-hybridized carbons (Fsp3) is 0.524. The number of rotatable bonds is 3. The molecule has 2 aliphatic carbocycles. The van der Waals surface area contributed by atoms with Gasteiger partial charge in [0.25, 0.3) is 0 Å². The van der Waals surface area contributed by atoms with Crippen LogP contribution in [0.3, 0.4) is 0 Å². The van der Waals surface area contributed by atoms with Crippen molar-refractivity contribution in [2.45, 2.75) is 69.2 Å². The summed E-state index contributed by atoms with van der Waals surface area (Å²) < 4.78 is 24.2. The van der Waals surface area contributed by atoms with Gasteiger partial charge in [0.1, 0.15) is 4.90 Å². The van der Waals surface area contributed by atoms with Crippen LogP contribution in [-0.4, -0.2) is 26.6 Å². The first-order valence-electron chi connectivity index (χ1n) is 10.7. The first kappa shape index (κ1) is 19.6. The van der Waals surface area contributed by atoms with Gasteiger partial charge in [-0.25, -0.2) is 18.8 Å². The normalized spacial score (nSPS) is 21.2. The molecule has 3 N–H and O–H groups in total. The second-order valence-corrected chi connectivity index (χ2v) is 10.0. The Hall–Kier alpha value is -2.39. The number of nitrogens with zero attached hydrogens (tertiary/aromatic N) is 3. The first-order chi connectivity index (χ1) is 14.5. The monoisotopic (exact) mass is 429 g/mol. The lowest BCUT2D eigenvalue weighted by molar-refractivity contribution is 0.224. The van der Waals surface area contributed by atoms with Gasteiger partial charge in [-0.1, -0.05) is 13.0 Å². The minimum absolute atomic E-state index is 0.173. The highest BCUT2D eigenvalue weighted by Crippen LogP contribution is 2.45. The summed E-state index contributed by atoms with van der Waals surface area (Å²) >= 11 is 0. The molecule has 1 aliphatic heterocycles. The molecule has 9 heteroatoms. The van der Waals surface area contributed by atoms with Crippen LogP contribution in [-0.2, 0) is 35.7 Å². The molecule has 0 fully saturated rings. The molecule has 8 nitrogen and oxygen atoms in total. The lowest BCUT2D eigenvalue weighted by Gasteiger charge is -2.19. The maximum Gasteiger partial charge on any atom is 0.354 e. The third-order valence-electron chi connectivity index (χ3n) is 6.47. The Morgan fingerprint density at radius 3 is 3.07 bits per heavy atom. The molecule has 1 aromatic carbocycles. The summed E-state index contributed by atoms with van der Waals surface area (Å²) in [5.41, 5.74) is 5.95. The van der Waals surface area contributed by atoms with Gasteiger partial charge in [0.2, 0.25) is 5.88 Å². The number of ether oxygens (including phenoxy) is 1. The third kappa shape index (κ3) is 3.20. The first-order valence-corrected chi connectivity index (χ1v) is 12.3. The van der Waals surface area contributed by atoms with E-state index in [1.165, 1.54) is 28.5 Å². The number of anilines is 1. The Balaban J connectivity index is 1.51. The fourth-order valence-corrected chi connectivity index (χ4v) is 6.07. The molecule has 160 valence electrons. The van der Waals surface area contributed by atoms with Gasteiger partial charge in [0.15, 0.2) is 9.92 Å². The number of nitrogens with two attached hydrogens (primary N) is 1. The van der Waals surface area contributed by atoms with E-state index in [-0.39, 0.29) is 4.90 Å². The van der Waals surface area contributed by atoms with E-state index < -0.39 is 15.9 Å². The maximum atomic E-state index is 13.1. The second-order valence-electron chi connectivity index (χ2n) is 8.29. The van der Waals surface area contributed by atoms with Crippen LogP contribution in [0.25, 0.3) is 0 Å². The van der Waals surface area contributed by atoms with E-state index in [9.17, 15) is 9.00 Å². The SMILES string of the molecule is CC[C@@H]1CCc2cc3c(c(NC(=O)N=[S@@](N)(=O)c4cnn5c4OCCC5)c21)CCC3. The van der Waals surface area contributed by atoms with E-state index in [0.717, 1.165) is 50.6 Å². The topological polar surface area (TPSA) is 112 Å². The number of hydrogen-bond donors (Lipinski definition) is 2. The van der Waals surface area contributed by atoms with Crippen LogP contribution in [0.4, 0.5) is 10.5 Å². The third-order valence-corrected chi connectivity index (χ3v) is 7.81. The van der Waals surface area contributed by atoms with E-state index >= 15 is 0 Å². The molecule has 30 heavy (non-hydrogen) atoms. The number of hydrogen-bond acceptors (Lipinski definition) is 4. The molecule has 2 heterocycles. The Kier molecular flexibility index (Phi) is 4.82. The minimum atomic E-state index is -3.47. The number of carbonyl (C=O) groups excluding carboxylic acids is 1. The summed E-state index contributed by atoms with van der Waals surface area (Å²) in [7, 11) is -3.47. The average Bonchev–Trinajstić information content (AvgIpc) is 3.44. The molecule has 2 atom stereocenters. The van der Waals surface area contributed by atoms with Gasteiger partial charge in [-0.15, -0.1) is 4.36 Å². The number of nitrogens with one attached hydrogen (secondary N) is 1. The molecule has 5 rings (SSSR count). The summed E-state index contributed by atoms with van der Waals surface area (Å²) in [6, 6.07) is 1.64. The maximum absolute atomic E-state index is 13.1. The number of benzene rings is 1. The smallest absolute Gasteiger partial charge is 0.354 e. The molecule has 1 aromatic heterocycles. The molecular formula is C21H27N5O3S. The summed E-state index contributed by atoms with van der Waals surface area (Å²) in [4.78, 5) is 13.1. The fourth-order valence-electron chi connectivity index (χ4n) is 5.07. The molecule has 0 spiro atoms. The van der Waals surface area contributed by atoms with Crippen LogP contribution in [0.2, 0.25) is 0 Å². The van der Waals surface area contributed by atoms with Crippen molar-refractivity contribution in [3.63, 3.8) is 0 Å². The number of fused-ring (bicyclic) bond motifs is 3. The van der Waals surface area contributed by atoms with Gasteiger partial charge >= 0.3 is 6.03 Å². The van der Waals surface area contributed by atoms with Crippen molar-refractivity contribution in [3.05, 3.63) is 34.5 Å². The van der Waals surface area contributed by atoms with Gasteiger partial charge in [-0.3, -0.25) is 0 Å². The minimum Gasteiger partial charge on any atom is -0.477 e. The van der Waals surface area contributed by atoms with E-state index in [0.29, 0.717) is 24.9 Å². The summed E-state index contributed by atoms with van der Waals surface area (Å²) in [6.45, 7) is 3.34. The number of aromatic nitrogens is 2. The Morgan fingerprint density at radius 2 is 2.23 bits per heavy atom. The van der Waals surface area contributed by atoms with Gasteiger partial charge in [-0.05, 0) is 66.7 Å². The van der Waals surface area contributed by atoms with Crippen molar-refractivity contribution in [1.29, 1.82) is 0 Å². The van der Waals surface area contributed by atoms with Gasteiger partial charge in [-0.2, -0.15) is 5.10 Å². The molecule has 2 aromatic rings. The van der Waals surface area contributed by atoms with Crippen LogP contribution in [0, 0.1) is 0 Å². The molecular weight excluding hydrogens is 402 g/mol. The number of aryl methyl sites for hydroxylation is 3. The standard InChI is InChI=1S/C21H27N5O3S/c1-2-13-7-8-15-11-14-5-3-6-16(14)19(18(13)15)24-21(27)25-30(22,28)17-12-23-26-9-4-10-29-20(17)26/h11-13H,2-10H2,1H3,(H3,22,24,25,27,28)/t13-,30-/m1/s1. The van der Waals surface area contributed by atoms with E-state index in [1.54, 1.807) is 4.68 Å². The second kappa shape index (κ2) is 7.39. The molecule has 0 saturated heterocycles. The van der Waals surface area contributed by atoms with E-state index in [1.807, 2.05) is 0 Å². The van der Waals surface area contributed by atoms with Crippen molar-refractivity contribution in [2.24, 2.45) is 9.50 Å². The molecule has 0 radical (unpaired) electrons. The van der Waals surface area contributed by atoms with Crippen LogP contribution < -0.4 is 15.2 Å². The highest BCUT2D eigenvalue weighted by atomic mass is 32.2. The predicted octanol–water partition coefficient (Wildman–Crippen LogP) is 3.53. The number of amides is 2. The highest BCUT2D eigenvalue weighted by molar-refractivity contribution is 7.91. The van der Waals surface area contributed by atoms with Crippen molar-refractivity contribution < 1.29 is 13.7 Å². The van der Waals surface area contributed by atoms with Gasteiger partial charge in [0.05, 0.1) is 12.8 Å². The number of urea groups is 1. The zero-order valence-electron chi connectivity index (χ0n) is 17.1. The lowest BCUT2D eigenvalue weighted by Crippen LogP contribution is -2.21. The van der Waals surface area contributed by atoms with Crippen LogP contribution in [0.15, 0.2) is 21.5 Å². The molecule has 0 unspecified atom stereocenters. The van der Waals surface area contributed by atoms with Gasteiger partial charge in [0, 0.05) is 18.7 Å². The molecule has 2 amide bonds. The van der Waals surface area contributed by atoms with Crippen LogP contribution in [0.1, 0.15) is 60.8 Å². The lowest BCUT2D eigenvalue weighted by atomic mass is 9.92. The quantitative estimate of drug-likeness (QED) is 0.777. The Labute approximate surface area is 176 Å². The molecule has 3 aliphatic rings. The average molecular weight is 430 g/mol. The predicted molar refractivity (Wildman–Crippen MR) is 114 cm³/mol. The summed E-state index contributed by atoms with van der Waals surface area (Å²) in [5.74, 6) is 0.775. The summed E-state index contributed by atoms with van der Waals surface area (Å²) in [6.07, 6.45) is 8.44. The highest BCUT2D eigenvalue weighted by Gasteiger charge is 2.30. The van der Waals surface area contributed by atoms with Crippen LogP contribution in [0.5, 0.6) is 5.88 Å². The number of carbonyl (C=O) groups is 1. The van der Waals surface area contributed by atoms with E-state index in [2.05, 4.69) is 27.8 Å². The molecule has 0 bridgehead atoms. The Morgan fingerprint density at radius 1 is 1.37 bits per heavy atom. The zero-order valence-corrected chi connectivity index (χ0v) is 18.0. The summed E-state index contributed by atoms with van der Waals surface area (Å²) in [5, 5.41) is 13.2. The van der Waals surface area contributed by atoms with E-state index in [4.69, 9.17) is 9.88 Å². The van der Waals surface area contributed by atoms with Crippen molar-refractivity contribution >= 4 is 21.6 Å². The van der Waals surface area contributed by atoms with Crippen molar-refractivity contribution in [2.75, 3.05) is 11.9 Å². The molecule has 0 saturated carbocycles.